The number of sulfone groups is 1. The van der Waals surface area contributed by atoms with E-state index in [2.05, 4.69) is 29.5 Å². The summed E-state index contributed by atoms with van der Waals surface area (Å²) in [7, 11) is -1.18. The van der Waals surface area contributed by atoms with E-state index in [0.717, 1.165) is 12.5 Å². The van der Waals surface area contributed by atoms with Crippen LogP contribution in [-0.4, -0.2) is 59.2 Å². The Morgan fingerprint density at radius 3 is 2.31 bits per heavy atom. The highest BCUT2D eigenvalue weighted by Crippen LogP contribution is 2.20. The highest BCUT2D eigenvalue weighted by Gasteiger charge is 2.20. The van der Waals surface area contributed by atoms with E-state index in [-0.39, 0.29) is 35.1 Å². The van der Waals surface area contributed by atoms with Crippen molar-refractivity contribution in [1.82, 2.24) is 10.6 Å². The number of guanidine groups is 1. The Bertz CT molecular complexity index is 502. The second kappa shape index (κ2) is 13.1. The lowest BCUT2D eigenvalue weighted by Gasteiger charge is -2.26. The fourth-order valence-corrected chi connectivity index (χ4v) is 3.82. The molecule has 8 heteroatoms. The van der Waals surface area contributed by atoms with Gasteiger partial charge in [0.2, 0.25) is 0 Å². The average Bonchev–Trinajstić information content (AvgIpc) is 2.80. The molecule has 0 aromatic carbocycles. The summed E-state index contributed by atoms with van der Waals surface area (Å²) in [6.45, 7) is 6.20. The third-order valence-corrected chi connectivity index (χ3v) is 5.60. The van der Waals surface area contributed by atoms with Crippen LogP contribution in [0.2, 0.25) is 0 Å². The molecule has 2 N–H and O–H groups in total. The van der Waals surface area contributed by atoms with E-state index >= 15 is 0 Å². The molecular weight excluding hydrogens is 465 g/mol. The number of halogens is 1. The van der Waals surface area contributed by atoms with Crippen LogP contribution < -0.4 is 10.6 Å². The van der Waals surface area contributed by atoms with Crippen molar-refractivity contribution >= 4 is 39.8 Å². The molecule has 0 heterocycles. The molecule has 1 fully saturated rings. The van der Waals surface area contributed by atoms with Gasteiger partial charge in [-0.05, 0) is 24.7 Å². The molecule has 156 valence electrons. The molecule has 0 amide bonds. The van der Waals surface area contributed by atoms with Crippen LogP contribution in [0.15, 0.2) is 4.99 Å². The van der Waals surface area contributed by atoms with Gasteiger partial charge in [-0.1, -0.05) is 39.5 Å². The monoisotopic (exact) mass is 503 g/mol. The normalized spacial score (nSPS) is 17.3. The molecule has 6 nitrogen and oxygen atoms in total. The molecule has 1 saturated carbocycles. The molecule has 0 spiro atoms. The molecule has 1 rings (SSSR count). The van der Waals surface area contributed by atoms with Crippen LogP contribution in [0.3, 0.4) is 0 Å². The van der Waals surface area contributed by atoms with E-state index in [9.17, 15) is 8.42 Å². The number of rotatable bonds is 9. The summed E-state index contributed by atoms with van der Waals surface area (Å²) in [6.07, 6.45) is 9.92. The van der Waals surface area contributed by atoms with Gasteiger partial charge in [0.25, 0.3) is 0 Å². The molecule has 0 aromatic rings. The van der Waals surface area contributed by atoms with Gasteiger partial charge in [-0.15, -0.1) is 24.0 Å². The van der Waals surface area contributed by atoms with Crippen LogP contribution in [0.5, 0.6) is 0 Å². The fraction of sp³-hybridized carbons (Fsp3) is 0.944. The first-order valence-corrected chi connectivity index (χ1v) is 11.5. The number of ether oxygens (including phenoxy) is 1. The standard InChI is InChI=1S/C18H37N3O3S.HI/c1-18(2,11-14-25(4,22)23)15-21-17(19-3)20-12-13-24-16-9-7-5-6-8-10-16;/h16H,5-15H2,1-4H3,(H2,19,20,21);1H. The summed E-state index contributed by atoms with van der Waals surface area (Å²) in [6, 6.07) is 0. The summed E-state index contributed by atoms with van der Waals surface area (Å²) in [5.41, 5.74) is -0.114. The maximum Gasteiger partial charge on any atom is 0.191 e. The van der Waals surface area contributed by atoms with Gasteiger partial charge in [0.15, 0.2) is 5.96 Å². The smallest absolute Gasteiger partial charge is 0.191 e. The SMILES string of the molecule is CN=C(NCCOC1CCCCCC1)NCC(C)(C)CCS(C)(=O)=O.I. The van der Waals surface area contributed by atoms with Crippen molar-refractivity contribution in [2.24, 2.45) is 10.4 Å². The highest BCUT2D eigenvalue weighted by atomic mass is 127. The zero-order valence-corrected chi connectivity index (χ0v) is 20.0. The van der Waals surface area contributed by atoms with Crippen molar-refractivity contribution in [3.63, 3.8) is 0 Å². The van der Waals surface area contributed by atoms with E-state index in [1.165, 1.54) is 44.8 Å². The fourth-order valence-electron chi connectivity index (χ4n) is 2.90. The third kappa shape index (κ3) is 13.1. The van der Waals surface area contributed by atoms with Crippen LogP contribution in [0.25, 0.3) is 0 Å². The van der Waals surface area contributed by atoms with E-state index < -0.39 is 9.84 Å². The quantitative estimate of drug-likeness (QED) is 0.166. The van der Waals surface area contributed by atoms with Gasteiger partial charge in [-0.25, -0.2) is 8.42 Å². The maximum atomic E-state index is 11.3. The number of hydrogen-bond donors (Lipinski definition) is 2. The molecule has 0 saturated heterocycles. The number of hydrogen-bond acceptors (Lipinski definition) is 4. The largest absolute Gasteiger partial charge is 0.376 e. The van der Waals surface area contributed by atoms with Crippen LogP contribution in [0, 0.1) is 5.41 Å². The zero-order valence-electron chi connectivity index (χ0n) is 16.8. The van der Waals surface area contributed by atoms with Crippen molar-refractivity contribution in [1.29, 1.82) is 0 Å². The first-order chi connectivity index (χ1) is 11.7. The topological polar surface area (TPSA) is 79.8 Å². The lowest BCUT2D eigenvalue weighted by Crippen LogP contribution is -2.43. The number of nitrogens with zero attached hydrogens (tertiary/aromatic N) is 1. The Balaban J connectivity index is 0.00000625. The Morgan fingerprint density at radius 2 is 1.77 bits per heavy atom. The van der Waals surface area contributed by atoms with Gasteiger partial charge in [-0.3, -0.25) is 4.99 Å². The summed E-state index contributed by atoms with van der Waals surface area (Å²) in [5.74, 6) is 0.944. The second-order valence-electron chi connectivity index (χ2n) is 7.88. The third-order valence-electron chi connectivity index (χ3n) is 4.66. The van der Waals surface area contributed by atoms with Gasteiger partial charge in [0.1, 0.15) is 9.84 Å². The van der Waals surface area contributed by atoms with E-state index in [1.807, 2.05) is 0 Å². The molecule has 0 radical (unpaired) electrons. The van der Waals surface area contributed by atoms with Gasteiger partial charge < -0.3 is 15.4 Å². The zero-order chi connectivity index (χ0) is 18.8. The van der Waals surface area contributed by atoms with Crippen LogP contribution in [0.4, 0.5) is 0 Å². The molecular formula is C18H38IN3O3S. The van der Waals surface area contributed by atoms with E-state index in [4.69, 9.17) is 4.74 Å². The Hall–Kier alpha value is -0.0900. The van der Waals surface area contributed by atoms with E-state index in [1.54, 1.807) is 7.05 Å². The predicted molar refractivity (Wildman–Crippen MR) is 120 cm³/mol. The van der Waals surface area contributed by atoms with Crippen LogP contribution in [-0.2, 0) is 14.6 Å². The molecule has 26 heavy (non-hydrogen) atoms. The van der Waals surface area contributed by atoms with Crippen molar-refractivity contribution < 1.29 is 13.2 Å². The molecule has 1 aliphatic rings. The van der Waals surface area contributed by atoms with Gasteiger partial charge >= 0.3 is 0 Å². The minimum absolute atomic E-state index is 0. The number of nitrogens with one attached hydrogen (secondary N) is 2. The van der Waals surface area contributed by atoms with Crippen molar-refractivity contribution in [3.8, 4) is 0 Å². The van der Waals surface area contributed by atoms with Crippen molar-refractivity contribution in [2.45, 2.75) is 64.9 Å². The van der Waals surface area contributed by atoms with Crippen molar-refractivity contribution in [2.75, 3.05) is 38.8 Å². The lowest BCUT2D eigenvalue weighted by molar-refractivity contribution is 0.0468. The number of aliphatic imine (C=N–C) groups is 1. The molecule has 1 aliphatic carbocycles. The summed E-state index contributed by atoms with van der Waals surface area (Å²) in [5, 5.41) is 6.55. The molecule has 0 aliphatic heterocycles. The Kier molecular flexibility index (Phi) is 13.1. The van der Waals surface area contributed by atoms with Gasteiger partial charge in [0.05, 0.1) is 18.5 Å². The van der Waals surface area contributed by atoms with Crippen molar-refractivity contribution in [3.05, 3.63) is 0 Å². The van der Waals surface area contributed by atoms with Crippen LogP contribution in [0.1, 0.15) is 58.8 Å². The van der Waals surface area contributed by atoms with Crippen LogP contribution >= 0.6 is 24.0 Å². The lowest BCUT2D eigenvalue weighted by atomic mass is 9.90. The first kappa shape index (κ1) is 25.9. The predicted octanol–water partition coefficient (Wildman–Crippen LogP) is 2.97. The minimum Gasteiger partial charge on any atom is -0.376 e. The first-order valence-electron chi connectivity index (χ1n) is 9.46. The summed E-state index contributed by atoms with van der Waals surface area (Å²) >= 11 is 0. The minimum atomic E-state index is -2.92. The average molecular weight is 503 g/mol. The molecule has 0 atom stereocenters. The van der Waals surface area contributed by atoms with Gasteiger partial charge in [0, 0.05) is 26.4 Å². The second-order valence-corrected chi connectivity index (χ2v) is 10.1. The molecule has 0 bridgehead atoms. The highest BCUT2D eigenvalue weighted by molar-refractivity contribution is 14.0. The maximum absolute atomic E-state index is 11.3. The summed E-state index contributed by atoms with van der Waals surface area (Å²) < 4.78 is 28.6. The molecule has 0 aromatic heterocycles. The van der Waals surface area contributed by atoms with Gasteiger partial charge in [-0.2, -0.15) is 0 Å². The summed E-state index contributed by atoms with van der Waals surface area (Å²) in [4.78, 5) is 4.22. The Morgan fingerprint density at radius 1 is 1.15 bits per heavy atom. The molecule has 0 unspecified atom stereocenters. The Labute approximate surface area is 177 Å². The van der Waals surface area contributed by atoms with E-state index in [0.29, 0.717) is 25.7 Å².